The minimum Gasteiger partial charge on any atom is -0.399 e. The van der Waals surface area contributed by atoms with Crippen molar-refractivity contribution >= 4 is 28.9 Å². The van der Waals surface area contributed by atoms with Gasteiger partial charge in [0, 0.05) is 22.9 Å². The molecule has 1 amide bonds. The van der Waals surface area contributed by atoms with Gasteiger partial charge in [-0.2, -0.15) is 0 Å². The molecule has 0 saturated heterocycles. The maximum Gasteiger partial charge on any atom is 0.231 e. The molecule has 0 spiro atoms. The van der Waals surface area contributed by atoms with Crippen LogP contribution in [0, 0.1) is 0 Å². The zero-order valence-corrected chi connectivity index (χ0v) is 12.1. The van der Waals surface area contributed by atoms with Gasteiger partial charge in [-0.1, -0.05) is 35.9 Å². The normalized spacial score (nSPS) is 10.3. The SMILES string of the molecule is CCN(C(=O)Cc1ccccc1Cl)c1cccc(N)c1. The van der Waals surface area contributed by atoms with E-state index in [1.807, 2.05) is 37.3 Å². The molecule has 0 heterocycles. The van der Waals surface area contributed by atoms with Gasteiger partial charge in [-0.15, -0.1) is 0 Å². The van der Waals surface area contributed by atoms with Gasteiger partial charge in [-0.05, 0) is 36.8 Å². The lowest BCUT2D eigenvalue weighted by Gasteiger charge is -2.21. The first-order valence-corrected chi connectivity index (χ1v) is 6.89. The smallest absolute Gasteiger partial charge is 0.231 e. The van der Waals surface area contributed by atoms with Crippen molar-refractivity contribution in [2.75, 3.05) is 17.2 Å². The molecule has 2 rings (SSSR count). The Balaban J connectivity index is 2.20. The monoisotopic (exact) mass is 288 g/mol. The Labute approximate surface area is 124 Å². The van der Waals surface area contributed by atoms with Crippen LogP contribution in [-0.4, -0.2) is 12.5 Å². The lowest BCUT2D eigenvalue weighted by molar-refractivity contribution is -0.117. The van der Waals surface area contributed by atoms with E-state index in [0.29, 0.717) is 17.3 Å². The molecule has 104 valence electrons. The number of nitrogens with two attached hydrogens (primary N) is 1. The predicted molar refractivity (Wildman–Crippen MR) is 84.0 cm³/mol. The number of amides is 1. The summed E-state index contributed by atoms with van der Waals surface area (Å²) in [6, 6.07) is 14.7. The standard InChI is InChI=1S/C16H17ClN2O/c1-2-19(14-8-5-7-13(18)11-14)16(20)10-12-6-3-4-9-15(12)17/h3-9,11H,2,10,18H2,1H3. The van der Waals surface area contributed by atoms with E-state index in [-0.39, 0.29) is 12.3 Å². The van der Waals surface area contributed by atoms with E-state index in [1.54, 1.807) is 23.1 Å². The Bertz CT molecular complexity index is 613. The molecular weight excluding hydrogens is 272 g/mol. The molecular formula is C16H17ClN2O. The van der Waals surface area contributed by atoms with Crippen molar-refractivity contribution in [2.45, 2.75) is 13.3 Å². The fraction of sp³-hybridized carbons (Fsp3) is 0.188. The summed E-state index contributed by atoms with van der Waals surface area (Å²) in [4.78, 5) is 14.1. The van der Waals surface area contributed by atoms with Gasteiger partial charge in [0.15, 0.2) is 0 Å². The molecule has 0 aliphatic carbocycles. The van der Waals surface area contributed by atoms with Crippen molar-refractivity contribution in [3.05, 3.63) is 59.1 Å². The third-order valence-electron chi connectivity index (χ3n) is 3.10. The van der Waals surface area contributed by atoms with Gasteiger partial charge in [0.2, 0.25) is 5.91 Å². The lowest BCUT2D eigenvalue weighted by atomic mass is 10.1. The van der Waals surface area contributed by atoms with Crippen molar-refractivity contribution < 1.29 is 4.79 Å². The van der Waals surface area contributed by atoms with E-state index >= 15 is 0 Å². The minimum absolute atomic E-state index is 0.00574. The van der Waals surface area contributed by atoms with E-state index in [9.17, 15) is 4.79 Å². The zero-order valence-electron chi connectivity index (χ0n) is 11.3. The van der Waals surface area contributed by atoms with Crippen LogP contribution < -0.4 is 10.6 Å². The number of benzene rings is 2. The molecule has 0 fully saturated rings. The van der Waals surface area contributed by atoms with Crippen LogP contribution in [0.3, 0.4) is 0 Å². The molecule has 0 aromatic heterocycles. The topological polar surface area (TPSA) is 46.3 Å². The molecule has 0 atom stereocenters. The van der Waals surface area contributed by atoms with Crippen LogP contribution in [0.25, 0.3) is 0 Å². The Hall–Kier alpha value is -2.00. The van der Waals surface area contributed by atoms with E-state index in [2.05, 4.69) is 0 Å². The Morgan fingerprint density at radius 1 is 1.20 bits per heavy atom. The van der Waals surface area contributed by atoms with Gasteiger partial charge in [0.25, 0.3) is 0 Å². The number of likely N-dealkylation sites (N-methyl/N-ethyl adjacent to an activating group) is 1. The number of halogens is 1. The van der Waals surface area contributed by atoms with Crippen LogP contribution in [0.15, 0.2) is 48.5 Å². The molecule has 0 radical (unpaired) electrons. The number of carbonyl (C=O) groups excluding carboxylic acids is 1. The van der Waals surface area contributed by atoms with E-state index < -0.39 is 0 Å². The number of rotatable bonds is 4. The van der Waals surface area contributed by atoms with Crippen molar-refractivity contribution in [1.29, 1.82) is 0 Å². The third kappa shape index (κ3) is 3.31. The number of nitrogens with zero attached hydrogens (tertiary/aromatic N) is 1. The molecule has 0 bridgehead atoms. The predicted octanol–water partition coefficient (Wildman–Crippen LogP) is 3.52. The molecule has 20 heavy (non-hydrogen) atoms. The van der Waals surface area contributed by atoms with Crippen LogP contribution in [0.5, 0.6) is 0 Å². The van der Waals surface area contributed by atoms with Crippen molar-refractivity contribution in [1.82, 2.24) is 0 Å². The second-order valence-electron chi connectivity index (χ2n) is 4.50. The van der Waals surface area contributed by atoms with Gasteiger partial charge < -0.3 is 10.6 Å². The summed E-state index contributed by atoms with van der Waals surface area (Å²) < 4.78 is 0. The number of anilines is 2. The fourth-order valence-corrected chi connectivity index (χ4v) is 2.30. The average molecular weight is 289 g/mol. The minimum atomic E-state index is 0.00574. The first kappa shape index (κ1) is 14.4. The van der Waals surface area contributed by atoms with Crippen LogP contribution in [-0.2, 0) is 11.2 Å². The molecule has 4 heteroatoms. The highest BCUT2D eigenvalue weighted by molar-refractivity contribution is 6.31. The van der Waals surface area contributed by atoms with Crippen LogP contribution in [0.1, 0.15) is 12.5 Å². The van der Waals surface area contributed by atoms with E-state index in [0.717, 1.165) is 11.3 Å². The maximum atomic E-state index is 12.4. The molecule has 0 aliphatic rings. The van der Waals surface area contributed by atoms with Crippen LogP contribution >= 0.6 is 11.6 Å². The molecule has 2 N–H and O–H groups in total. The maximum absolute atomic E-state index is 12.4. The largest absolute Gasteiger partial charge is 0.399 e. The summed E-state index contributed by atoms with van der Waals surface area (Å²) in [6.07, 6.45) is 0.280. The van der Waals surface area contributed by atoms with Gasteiger partial charge in [0.05, 0.1) is 6.42 Å². The highest BCUT2D eigenvalue weighted by Crippen LogP contribution is 2.21. The molecule has 0 aliphatic heterocycles. The Morgan fingerprint density at radius 3 is 2.60 bits per heavy atom. The first-order chi connectivity index (χ1) is 9.61. The molecule has 2 aromatic carbocycles. The van der Waals surface area contributed by atoms with E-state index in [4.69, 9.17) is 17.3 Å². The summed E-state index contributed by atoms with van der Waals surface area (Å²) in [5.74, 6) is 0.00574. The quantitative estimate of drug-likeness (QED) is 0.875. The van der Waals surface area contributed by atoms with Gasteiger partial charge in [-0.25, -0.2) is 0 Å². The second-order valence-corrected chi connectivity index (χ2v) is 4.91. The van der Waals surface area contributed by atoms with Crippen molar-refractivity contribution in [3.8, 4) is 0 Å². The highest BCUT2D eigenvalue weighted by atomic mass is 35.5. The molecule has 0 saturated carbocycles. The number of carbonyl (C=O) groups is 1. The number of hydrogen-bond acceptors (Lipinski definition) is 2. The van der Waals surface area contributed by atoms with Crippen LogP contribution in [0.2, 0.25) is 5.02 Å². The summed E-state index contributed by atoms with van der Waals surface area (Å²) in [5, 5.41) is 0.615. The van der Waals surface area contributed by atoms with Gasteiger partial charge in [0.1, 0.15) is 0 Å². The summed E-state index contributed by atoms with van der Waals surface area (Å²) in [6.45, 7) is 2.53. The number of nitrogen functional groups attached to an aromatic ring is 1. The molecule has 2 aromatic rings. The van der Waals surface area contributed by atoms with E-state index in [1.165, 1.54) is 0 Å². The third-order valence-corrected chi connectivity index (χ3v) is 3.47. The number of hydrogen-bond donors (Lipinski definition) is 1. The Kier molecular flexibility index (Phi) is 4.64. The zero-order chi connectivity index (χ0) is 14.5. The fourth-order valence-electron chi connectivity index (χ4n) is 2.10. The lowest BCUT2D eigenvalue weighted by Crippen LogP contribution is -2.32. The second kappa shape index (κ2) is 6.44. The van der Waals surface area contributed by atoms with Gasteiger partial charge >= 0.3 is 0 Å². The average Bonchev–Trinajstić information content (AvgIpc) is 2.42. The Morgan fingerprint density at radius 2 is 1.95 bits per heavy atom. The van der Waals surface area contributed by atoms with Gasteiger partial charge in [-0.3, -0.25) is 4.79 Å². The summed E-state index contributed by atoms with van der Waals surface area (Å²) >= 11 is 6.10. The van der Waals surface area contributed by atoms with Crippen molar-refractivity contribution in [3.63, 3.8) is 0 Å². The molecule has 3 nitrogen and oxygen atoms in total. The summed E-state index contributed by atoms with van der Waals surface area (Å²) in [5.41, 5.74) is 8.06. The first-order valence-electron chi connectivity index (χ1n) is 6.51. The van der Waals surface area contributed by atoms with Crippen molar-refractivity contribution in [2.24, 2.45) is 0 Å². The van der Waals surface area contributed by atoms with Crippen LogP contribution in [0.4, 0.5) is 11.4 Å². The molecule has 0 unspecified atom stereocenters. The highest BCUT2D eigenvalue weighted by Gasteiger charge is 2.15. The summed E-state index contributed by atoms with van der Waals surface area (Å²) in [7, 11) is 0.